The Bertz CT molecular complexity index is 789. The molecule has 1 aromatic rings. The molecular formula is C23H29NS. The predicted molar refractivity (Wildman–Crippen MR) is 108 cm³/mol. The minimum Gasteiger partial charge on any atom is -0.310 e. The molecule has 2 heteroatoms. The second kappa shape index (κ2) is 5.76. The molecule has 6 atom stereocenters. The third-order valence-electron chi connectivity index (χ3n) is 7.34. The Balaban J connectivity index is 1.69. The molecule has 0 radical (unpaired) electrons. The Morgan fingerprint density at radius 3 is 2.44 bits per heavy atom. The van der Waals surface area contributed by atoms with Gasteiger partial charge in [-0.25, -0.2) is 0 Å². The standard InChI is InChI=1S/C23H29NS/c1-5-15-10-24-14(4)19-12(2)22-21(13(3)20(15)19)18-11-25-23(22)17-9-7-6-8-16(17)18/h6-9,12-15,18,23-24H,5,10-11H2,1-4H3. The Kier molecular flexibility index (Phi) is 3.73. The maximum Gasteiger partial charge on any atom is 0.0518 e. The number of rotatable bonds is 1. The van der Waals surface area contributed by atoms with Gasteiger partial charge in [0.15, 0.2) is 0 Å². The maximum absolute atomic E-state index is 3.80. The van der Waals surface area contributed by atoms with E-state index < -0.39 is 0 Å². The molecule has 0 fully saturated rings. The first-order valence-electron chi connectivity index (χ1n) is 10.0. The van der Waals surface area contributed by atoms with Crippen LogP contribution in [0.4, 0.5) is 0 Å². The van der Waals surface area contributed by atoms with Crippen molar-refractivity contribution in [3.8, 4) is 0 Å². The summed E-state index contributed by atoms with van der Waals surface area (Å²) in [5.74, 6) is 3.89. The third-order valence-corrected chi connectivity index (χ3v) is 8.71. The zero-order valence-electron chi connectivity index (χ0n) is 15.8. The number of thioether (sulfide) groups is 1. The van der Waals surface area contributed by atoms with E-state index in [0.29, 0.717) is 29.0 Å². The molecule has 0 aromatic heterocycles. The van der Waals surface area contributed by atoms with Gasteiger partial charge < -0.3 is 5.32 Å². The second-order valence-electron chi connectivity index (χ2n) is 8.39. The molecule has 0 saturated carbocycles. The Morgan fingerprint density at radius 1 is 0.960 bits per heavy atom. The summed E-state index contributed by atoms with van der Waals surface area (Å²) in [6.45, 7) is 10.9. The lowest BCUT2D eigenvalue weighted by atomic mass is 9.60. The highest BCUT2D eigenvalue weighted by molar-refractivity contribution is 7.99. The van der Waals surface area contributed by atoms with E-state index in [-0.39, 0.29) is 0 Å². The molecule has 2 aliphatic carbocycles. The summed E-state index contributed by atoms with van der Waals surface area (Å²) < 4.78 is 0. The molecule has 5 aliphatic rings. The lowest BCUT2D eigenvalue weighted by Gasteiger charge is -2.52. The van der Waals surface area contributed by atoms with Gasteiger partial charge in [0, 0.05) is 30.2 Å². The molecule has 3 aliphatic heterocycles. The summed E-state index contributed by atoms with van der Waals surface area (Å²) >= 11 is 2.19. The van der Waals surface area contributed by atoms with Crippen LogP contribution in [0.15, 0.2) is 46.6 Å². The quantitative estimate of drug-likeness (QED) is 0.673. The van der Waals surface area contributed by atoms with Crippen molar-refractivity contribution >= 4 is 11.8 Å². The van der Waals surface area contributed by atoms with Gasteiger partial charge in [0.25, 0.3) is 0 Å². The van der Waals surface area contributed by atoms with Gasteiger partial charge >= 0.3 is 0 Å². The maximum atomic E-state index is 3.80. The summed E-state index contributed by atoms with van der Waals surface area (Å²) in [6.07, 6.45) is 1.26. The molecule has 0 saturated heterocycles. The van der Waals surface area contributed by atoms with E-state index in [0.717, 1.165) is 12.5 Å². The number of benzene rings is 1. The van der Waals surface area contributed by atoms with Crippen LogP contribution in [0, 0.1) is 17.8 Å². The van der Waals surface area contributed by atoms with Crippen molar-refractivity contribution in [3.05, 3.63) is 57.7 Å². The van der Waals surface area contributed by atoms with Gasteiger partial charge in [-0.1, -0.05) is 56.2 Å². The van der Waals surface area contributed by atoms with Crippen LogP contribution >= 0.6 is 11.8 Å². The molecule has 132 valence electrons. The van der Waals surface area contributed by atoms with Crippen LogP contribution < -0.4 is 5.32 Å². The summed E-state index contributed by atoms with van der Waals surface area (Å²) in [4.78, 5) is 0. The van der Waals surface area contributed by atoms with Gasteiger partial charge in [-0.3, -0.25) is 0 Å². The SMILES string of the molecule is CCC1CNC(C)C2=C1C(C)C1=C(C2C)C2SCC1c1ccccc12. The van der Waals surface area contributed by atoms with Crippen LogP contribution in [0.3, 0.4) is 0 Å². The monoisotopic (exact) mass is 351 g/mol. The molecule has 0 spiro atoms. The summed E-state index contributed by atoms with van der Waals surface area (Å²) in [5.41, 5.74) is 10.3. The minimum absolute atomic E-state index is 0.532. The average molecular weight is 352 g/mol. The smallest absolute Gasteiger partial charge is 0.0518 e. The Labute approximate surface area is 156 Å². The van der Waals surface area contributed by atoms with E-state index >= 15 is 0 Å². The average Bonchev–Trinajstić information content (AvgIpc) is 2.66. The summed E-state index contributed by atoms with van der Waals surface area (Å²) in [7, 11) is 0. The molecule has 2 bridgehead atoms. The normalized spacial score (nSPS) is 39.2. The van der Waals surface area contributed by atoms with Crippen LogP contribution in [-0.4, -0.2) is 18.3 Å². The van der Waals surface area contributed by atoms with Crippen LogP contribution in [0.1, 0.15) is 56.4 Å². The van der Waals surface area contributed by atoms with Crippen LogP contribution in [-0.2, 0) is 0 Å². The van der Waals surface area contributed by atoms with Crippen molar-refractivity contribution < 1.29 is 0 Å². The summed E-state index contributed by atoms with van der Waals surface area (Å²) in [6, 6.07) is 9.81. The zero-order chi connectivity index (χ0) is 17.3. The first-order valence-corrected chi connectivity index (χ1v) is 11.1. The number of hydrogen-bond acceptors (Lipinski definition) is 2. The Morgan fingerprint density at radius 2 is 1.68 bits per heavy atom. The number of nitrogens with one attached hydrogen (secondary N) is 1. The zero-order valence-corrected chi connectivity index (χ0v) is 16.6. The van der Waals surface area contributed by atoms with Crippen LogP contribution in [0.2, 0.25) is 0 Å². The van der Waals surface area contributed by atoms with E-state index in [1.54, 1.807) is 33.4 Å². The molecule has 0 amide bonds. The lowest BCUT2D eigenvalue weighted by Crippen LogP contribution is -2.47. The molecule has 6 unspecified atom stereocenters. The molecule has 1 aromatic carbocycles. The van der Waals surface area contributed by atoms with Crippen molar-refractivity contribution in [1.29, 1.82) is 0 Å². The first-order chi connectivity index (χ1) is 12.1. The van der Waals surface area contributed by atoms with Crippen LogP contribution in [0.5, 0.6) is 0 Å². The predicted octanol–water partition coefficient (Wildman–Crippen LogP) is 5.47. The molecule has 1 N–H and O–H groups in total. The van der Waals surface area contributed by atoms with Gasteiger partial charge in [0.05, 0.1) is 5.25 Å². The largest absolute Gasteiger partial charge is 0.310 e. The highest BCUT2D eigenvalue weighted by atomic mass is 32.2. The van der Waals surface area contributed by atoms with Gasteiger partial charge in [0.2, 0.25) is 0 Å². The molecule has 1 nitrogen and oxygen atoms in total. The second-order valence-corrected chi connectivity index (χ2v) is 9.53. The molecule has 6 rings (SSSR count). The van der Waals surface area contributed by atoms with E-state index in [9.17, 15) is 0 Å². The lowest BCUT2D eigenvalue weighted by molar-refractivity contribution is 0.379. The van der Waals surface area contributed by atoms with Crippen molar-refractivity contribution in [2.45, 2.75) is 51.3 Å². The first kappa shape index (κ1) is 16.2. The fourth-order valence-electron chi connectivity index (χ4n) is 6.29. The highest BCUT2D eigenvalue weighted by Gasteiger charge is 2.48. The van der Waals surface area contributed by atoms with Crippen molar-refractivity contribution in [2.75, 3.05) is 12.3 Å². The van der Waals surface area contributed by atoms with E-state index in [2.05, 4.69) is 69.0 Å². The minimum atomic E-state index is 0.532. The van der Waals surface area contributed by atoms with Crippen LogP contribution in [0.25, 0.3) is 0 Å². The molecule has 3 heterocycles. The van der Waals surface area contributed by atoms with Gasteiger partial charge in [-0.05, 0) is 47.5 Å². The Hall–Kier alpha value is -0.990. The van der Waals surface area contributed by atoms with E-state index in [4.69, 9.17) is 0 Å². The summed E-state index contributed by atoms with van der Waals surface area (Å²) in [5, 5.41) is 4.40. The number of fused-ring (bicyclic) bond motifs is 1. The van der Waals surface area contributed by atoms with E-state index in [1.807, 2.05) is 0 Å². The molecule has 25 heavy (non-hydrogen) atoms. The van der Waals surface area contributed by atoms with E-state index in [1.165, 1.54) is 12.2 Å². The van der Waals surface area contributed by atoms with Crippen molar-refractivity contribution in [2.24, 2.45) is 17.8 Å². The van der Waals surface area contributed by atoms with Gasteiger partial charge in [-0.15, -0.1) is 11.8 Å². The molecular weight excluding hydrogens is 322 g/mol. The topological polar surface area (TPSA) is 12.0 Å². The van der Waals surface area contributed by atoms with Crippen molar-refractivity contribution in [1.82, 2.24) is 5.32 Å². The fourth-order valence-corrected chi connectivity index (χ4v) is 7.95. The van der Waals surface area contributed by atoms with Crippen molar-refractivity contribution in [3.63, 3.8) is 0 Å². The fraction of sp³-hybridized carbons (Fsp3) is 0.565. The number of allylic oxidation sites excluding steroid dienone is 1. The number of hydrogen-bond donors (Lipinski definition) is 1. The van der Waals surface area contributed by atoms with Gasteiger partial charge in [0.1, 0.15) is 0 Å². The van der Waals surface area contributed by atoms with Gasteiger partial charge in [-0.2, -0.15) is 0 Å². The highest BCUT2D eigenvalue weighted by Crippen LogP contribution is 2.63. The third kappa shape index (κ3) is 2.07.